The van der Waals surface area contributed by atoms with Gasteiger partial charge >= 0.3 is 0 Å². The molecule has 1 aromatic heterocycles. The Morgan fingerprint density at radius 2 is 2.40 bits per heavy atom. The molecule has 1 aliphatic heterocycles. The number of hydrogen-bond donors (Lipinski definition) is 0. The molecule has 1 amide bonds. The highest BCUT2D eigenvalue weighted by atomic mass is 16.1. The molecule has 1 atom stereocenters. The summed E-state index contributed by atoms with van der Waals surface area (Å²) < 4.78 is 0. The molecule has 80 valence electrons. The largest absolute Gasteiger partial charge is 0.337 e. The van der Waals surface area contributed by atoms with Crippen LogP contribution < -0.4 is 0 Å². The van der Waals surface area contributed by atoms with Gasteiger partial charge in [-0.15, -0.1) is 0 Å². The third-order valence-electron chi connectivity index (χ3n) is 2.96. The van der Waals surface area contributed by atoms with Crippen LogP contribution in [0.5, 0.6) is 0 Å². The molecule has 0 bridgehead atoms. The number of carbonyl (C=O) groups is 1. The summed E-state index contributed by atoms with van der Waals surface area (Å²) in [6, 6.07) is 4.25. The second-order valence-electron chi connectivity index (χ2n) is 4.11. The summed E-state index contributed by atoms with van der Waals surface area (Å²) in [7, 11) is 0. The van der Waals surface area contributed by atoms with Crippen LogP contribution in [0, 0.1) is 6.92 Å². The Morgan fingerprint density at radius 3 is 3.13 bits per heavy atom. The molecule has 1 saturated heterocycles. The lowest BCUT2D eigenvalue weighted by Gasteiger charge is -2.32. The van der Waals surface area contributed by atoms with Crippen molar-refractivity contribution in [2.75, 3.05) is 6.54 Å². The van der Waals surface area contributed by atoms with Gasteiger partial charge in [0.25, 0.3) is 0 Å². The lowest BCUT2D eigenvalue weighted by molar-refractivity contribution is -0.121. The van der Waals surface area contributed by atoms with Crippen molar-refractivity contribution in [1.29, 1.82) is 0 Å². The van der Waals surface area contributed by atoms with Crippen LogP contribution in [0.2, 0.25) is 0 Å². The molecule has 1 aliphatic rings. The van der Waals surface area contributed by atoms with Gasteiger partial charge in [0.1, 0.15) is 0 Å². The Bertz CT molecular complexity index is 351. The maximum absolute atomic E-state index is 10.9. The molecule has 2 heterocycles. The van der Waals surface area contributed by atoms with E-state index in [1.807, 2.05) is 17.2 Å². The Labute approximate surface area is 90.1 Å². The van der Waals surface area contributed by atoms with Crippen LogP contribution in [0.25, 0.3) is 0 Å². The molecule has 0 aromatic carbocycles. The number of hydrogen-bond acceptors (Lipinski definition) is 2. The van der Waals surface area contributed by atoms with E-state index < -0.39 is 0 Å². The Morgan fingerprint density at radius 1 is 1.53 bits per heavy atom. The molecule has 3 heteroatoms. The summed E-state index contributed by atoms with van der Waals surface area (Å²) in [5.74, 6) is 0. The maximum atomic E-state index is 10.9. The van der Waals surface area contributed by atoms with Gasteiger partial charge in [-0.3, -0.25) is 9.78 Å². The van der Waals surface area contributed by atoms with Crippen LogP contribution in [0.15, 0.2) is 18.3 Å². The smallest absolute Gasteiger partial charge is 0.210 e. The number of rotatable bonds is 2. The van der Waals surface area contributed by atoms with Crippen molar-refractivity contribution in [2.24, 2.45) is 0 Å². The molecule has 3 nitrogen and oxygen atoms in total. The summed E-state index contributed by atoms with van der Waals surface area (Å²) in [5.41, 5.74) is 2.23. The van der Waals surface area contributed by atoms with Crippen LogP contribution in [-0.2, 0) is 4.79 Å². The molecule has 0 N–H and O–H groups in total. The van der Waals surface area contributed by atoms with Crippen LogP contribution >= 0.6 is 0 Å². The molecular formula is C12H16N2O. The Hall–Kier alpha value is -1.38. The normalized spacial score (nSPS) is 21.4. The molecule has 0 radical (unpaired) electrons. The van der Waals surface area contributed by atoms with Gasteiger partial charge < -0.3 is 4.90 Å². The molecule has 1 unspecified atom stereocenters. The van der Waals surface area contributed by atoms with Crippen LogP contribution in [-0.4, -0.2) is 22.8 Å². The first-order chi connectivity index (χ1) is 7.31. The average Bonchev–Trinajstić information content (AvgIpc) is 2.29. The monoisotopic (exact) mass is 204 g/mol. The van der Waals surface area contributed by atoms with E-state index in [0.29, 0.717) is 0 Å². The average molecular weight is 204 g/mol. The maximum Gasteiger partial charge on any atom is 0.210 e. The summed E-state index contributed by atoms with van der Waals surface area (Å²) in [5, 5.41) is 0. The second kappa shape index (κ2) is 4.43. The van der Waals surface area contributed by atoms with Crippen LogP contribution in [0.3, 0.4) is 0 Å². The molecule has 1 fully saturated rings. The van der Waals surface area contributed by atoms with E-state index in [9.17, 15) is 4.79 Å². The van der Waals surface area contributed by atoms with E-state index in [1.165, 1.54) is 12.0 Å². The van der Waals surface area contributed by atoms with Crippen molar-refractivity contribution < 1.29 is 4.79 Å². The zero-order valence-corrected chi connectivity index (χ0v) is 9.02. The van der Waals surface area contributed by atoms with Crippen molar-refractivity contribution in [1.82, 2.24) is 9.88 Å². The van der Waals surface area contributed by atoms with Crippen LogP contribution in [0.1, 0.15) is 36.6 Å². The summed E-state index contributed by atoms with van der Waals surface area (Å²) >= 11 is 0. The minimum absolute atomic E-state index is 0.191. The molecule has 0 spiro atoms. The van der Waals surface area contributed by atoms with Crippen molar-refractivity contribution in [3.05, 3.63) is 29.6 Å². The lowest BCUT2D eigenvalue weighted by Crippen LogP contribution is -2.32. The minimum atomic E-state index is 0.191. The lowest BCUT2D eigenvalue weighted by atomic mass is 9.99. The fourth-order valence-corrected chi connectivity index (χ4v) is 2.14. The highest BCUT2D eigenvalue weighted by Crippen LogP contribution is 2.28. The first kappa shape index (κ1) is 10.1. The fourth-order valence-electron chi connectivity index (χ4n) is 2.14. The zero-order valence-electron chi connectivity index (χ0n) is 9.02. The number of nitrogens with zero attached hydrogens (tertiary/aromatic N) is 2. The number of amides is 1. The molecule has 15 heavy (non-hydrogen) atoms. The van der Waals surface area contributed by atoms with Gasteiger partial charge in [-0.1, -0.05) is 0 Å². The van der Waals surface area contributed by atoms with Crippen molar-refractivity contribution in [3.8, 4) is 0 Å². The predicted molar refractivity (Wildman–Crippen MR) is 58.3 cm³/mol. The number of pyridine rings is 1. The summed E-state index contributed by atoms with van der Waals surface area (Å²) in [6.07, 6.45) is 6.11. The first-order valence-corrected chi connectivity index (χ1v) is 5.45. The van der Waals surface area contributed by atoms with E-state index in [1.54, 1.807) is 0 Å². The van der Waals surface area contributed by atoms with Crippen LogP contribution in [0.4, 0.5) is 0 Å². The highest BCUT2D eigenvalue weighted by Gasteiger charge is 2.23. The van der Waals surface area contributed by atoms with Gasteiger partial charge in [0.05, 0.1) is 11.7 Å². The van der Waals surface area contributed by atoms with Gasteiger partial charge in [-0.05, 0) is 43.9 Å². The molecule has 0 aliphatic carbocycles. The Balaban J connectivity index is 2.23. The van der Waals surface area contributed by atoms with Gasteiger partial charge in [-0.25, -0.2) is 0 Å². The second-order valence-corrected chi connectivity index (χ2v) is 4.11. The number of carbonyl (C=O) groups excluding carboxylic acids is 1. The van der Waals surface area contributed by atoms with E-state index in [4.69, 9.17) is 0 Å². The van der Waals surface area contributed by atoms with Crippen molar-refractivity contribution >= 4 is 6.41 Å². The summed E-state index contributed by atoms with van der Waals surface area (Å²) in [4.78, 5) is 17.2. The number of aryl methyl sites for hydroxylation is 1. The van der Waals surface area contributed by atoms with Gasteiger partial charge in [0, 0.05) is 12.7 Å². The minimum Gasteiger partial charge on any atom is -0.337 e. The van der Waals surface area contributed by atoms with Crippen molar-refractivity contribution in [2.45, 2.75) is 32.2 Å². The topological polar surface area (TPSA) is 33.2 Å². The van der Waals surface area contributed by atoms with Gasteiger partial charge in [0.15, 0.2) is 0 Å². The highest BCUT2D eigenvalue weighted by molar-refractivity contribution is 5.48. The zero-order chi connectivity index (χ0) is 10.7. The third kappa shape index (κ3) is 2.17. The summed E-state index contributed by atoms with van der Waals surface area (Å²) in [6.45, 7) is 2.92. The fraction of sp³-hybridized carbons (Fsp3) is 0.500. The molecule has 0 saturated carbocycles. The quantitative estimate of drug-likeness (QED) is 0.691. The molecule has 2 rings (SSSR count). The first-order valence-electron chi connectivity index (χ1n) is 5.45. The van der Waals surface area contributed by atoms with Crippen molar-refractivity contribution in [3.63, 3.8) is 0 Å². The predicted octanol–water partition coefficient (Wildman–Crippen LogP) is 2.07. The molecule has 1 aromatic rings. The van der Waals surface area contributed by atoms with Gasteiger partial charge in [0.2, 0.25) is 6.41 Å². The molecular weight excluding hydrogens is 188 g/mol. The van der Waals surface area contributed by atoms with Gasteiger partial charge in [-0.2, -0.15) is 0 Å². The number of likely N-dealkylation sites (tertiary alicyclic amines) is 1. The number of piperidine rings is 1. The number of aromatic nitrogens is 1. The van der Waals surface area contributed by atoms with E-state index in [0.717, 1.165) is 31.5 Å². The van der Waals surface area contributed by atoms with E-state index in [-0.39, 0.29) is 6.04 Å². The van der Waals surface area contributed by atoms with E-state index >= 15 is 0 Å². The third-order valence-corrected chi connectivity index (χ3v) is 2.96. The van der Waals surface area contributed by atoms with E-state index in [2.05, 4.69) is 18.0 Å². The Kier molecular flexibility index (Phi) is 2.99. The standard InChI is InChI=1S/C12H16N2O/c1-10-5-6-13-11(8-10)12-4-2-3-7-14(12)9-15/h5-6,8-9,12H,2-4,7H2,1H3. The SMILES string of the molecule is Cc1ccnc(C2CCCCN2C=O)c1.